The van der Waals surface area contributed by atoms with Crippen molar-refractivity contribution in [2.45, 2.75) is 25.0 Å². The van der Waals surface area contributed by atoms with Gasteiger partial charge < -0.3 is 15.1 Å². The van der Waals surface area contributed by atoms with Crippen molar-refractivity contribution in [3.8, 4) is 0 Å². The third-order valence-electron chi connectivity index (χ3n) is 2.41. The molecule has 0 aromatic carbocycles. The normalized spacial score (nSPS) is 18.9. The number of aliphatic imine (C=N–C) groups is 1. The van der Waals surface area contributed by atoms with Gasteiger partial charge in [0.15, 0.2) is 0 Å². The molecule has 1 rings (SSSR count). The maximum atomic E-state index is 10.7. The summed E-state index contributed by atoms with van der Waals surface area (Å²) >= 11 is 0. The molecule has 5 nitrogen and oxygen atoms in total. The highest BCUT2D eigenvalue weighted by Crippen LogP contribution is 2.23. The molecule has 1 aliphatic rings. The van der Waals surface area contributed by atoms with E-state index in [0.29, 0.717) is 25.9 Å². The number of hydrogen-bond donors (Lipinski definition) is 2. The van der Waals surface area contributed by atoms with Crippen LogP contribution in [0.5, 0.6) is 0 Å². The van der Waals surface area contributed by atoms with Crippen molar-refractivity contribution in [1.29, 1.82) is 0 Å². The highest BCUT2D eigenvalue weighted by Gasteiger charge is 2.35. The fourth-order valence-electron chi connectivity index (χ4n) is 1.60. The lowest BCUT2D eigenvalue weighted by molar-refractivity contribution is -0.150. The van der Waals surface area contributed by atoms with Crippen molar-refractivity contribution in [2.24, 2.45) is 4.99 Å². The van der Waals surface area contributed by atoms with Gasteiger partial charge in [0.2, 0.25) is 0 Å². The Labute approximate surface area is 88.7 Å². The number of aliphatic carboxylic acids is 1. The number of carboxylic acid groups (broad SMARTS) is 1. The molecule has 1 aliphatic heterocycles. The van der Waals surface area contributed by atoms with Gasteiger partial charge in [-0.3, -0.25) is 9.79 Å². The van der Waals surface area contributed by atoms with Crippen LogP contribution in [-0.2, 0) is 4.79 Å². The van der Waals surface area contributed by atoms with Crippen LogP contribution in [0.1, 0.15) is 19.3 Å². The fourth-order valence-corrected chi connectivity index (χ4v) is 1.60. The van der Waals surface area contributed by atoms with Crippen molar-refractivity contribution < 1.29 is 15.0 Å². The maximum absolute atomic E-state index is 10.7. The summed E-state index contributed by atoms with van der Waals surface area (Å²) in [4.78, 5) is 16.2. The zero-order valence-corrected chi connectivity index (χ0v) is 8.59. The summed E-state index contributed by atoms with van der Waals surface area (Å²) in [6.45, 7) is 4.74. The van der Waals surface area contributed by atoms with Crippen molar-refractivity contribution in [2.75, 3.05) is 13.1 Å². The van der Waals surface area contributed by atoms with Gasteiger partial charge >= 0.3 is 5.97 Å². The van der Waals surface area contributed by atoms with E-state index in [1.54, 1.807) is 11.0 Å². The molecular formula is C10H16N2O3. The molecule has 1 unspecified atom stereocenters. The van der Waals surface area contributed by atoms with Crippen molar-refractivity contribution in [1.82, 2.24) is 4.90 Å². The summed E-state index contributed by atoms with van der Waals surface area (Å²) in [7, 11) is 0. The van der Waals surface area contributed by atoms with E-state index in [0.717, 1.165) is 0 Å². The van der Waals surface area contributed by atoms with Crippen molar-refractivity contribution in [3.05, 3.63) is 12.7 Å². The lowest BCUT2D eigenvalue weighted by Gasteiger charge is -2.35. The fraction of sp³-hybridized carbons (Fsp3) is 0.600. The summed E-state index contributed by atoms with van der Waals surface area (Å²) < 4.78 is 0. The van der Waals surface area contributed by atoms with Crippen LogP contribution in [0.3, 0.4) is 0 Å². The first-order valence-corrected chi connectivity index (χ1v) is 4.90. The minimum absolute atomic E-state index is 0.299. The standard InChI is InChI=1S/C10H16N2O3/c1-2-3-4-10(15,7-9(13)14)12-6-5-11-8-12/h2,8,15H,1,3-7H2,(H,13,14). The quantitative estimate of drug-likeness (QED) is 0.627. The summed E-state index contributed by atoms with van der Waals surface area (Å²) in [5.41, 5.74) is -1.33. The zero-order chi connectivity index (χ0) is 11.3. The summed E-state index contributed by atoms with van der Waals surface area (Å²) in [6, 6.07) is 0. The topological polar surface area (TPSA) is 73.1 Å². The summed E-state index contributed by atoms with van der Waals surface area (Å²) in [5.74, 6) is -1.01. The average Bonchev–Trinajstić information content (AvgIpc) is 2.66. The monoisotopic (exact) mass is 212 g/mol. The second-order valence-electron chi connectivity index (χ2n) is 3.60. The molecule has 0 aliphatic carbocycles. The Morgan fingerprint density at radius 1 is 1.73 bits per heavy atom. The highest BCUT2D eigenvalue weighted by atomic mass is 16.4. The lowest BCUT2D eigenvalue weighted by Crippen LogP contribution is -2.48. The number of nitrogens with zero attached hydrogens (tertiary/aromatic N) is 2. The van der Waals surface area contributed by atoms with E-state index in [9.17, 15) is 9.90 Å². The van der Waals surface area contributed by atoms with Gasteiger partial charge in [0, 0.05) is 6.54 Å². The molecule has 0 aromatic heterocycles. The molecule has 15 heavy (non-hydrogen) atoms. The van der Waals surface area contributed by atoms with Gasteiger partial charge in [0.05, 0.1) is 19.3 Å². The van der Waals surface area contributed by atoms with Crippen LogP contribution in [0.4, 0.5) is 0 Å². The second-order valence-corrected chi connectivity index (χ2v) is 3.60. The first-order chi connectivity index (χ1) is 7.08. The molecule has 1 atom stereocenters. The molecule has 0 radical (unpaired) electrons. The SMILES string of the molecule is C=CCCC(O)(CC(=O)O)N1C=NCC1. The Morgan fingerprint density at radius 3 is 2.93 bits per heavy atom. The van der Waals surface area contributed by atoms with Crippen LogP contribution in [0.2, 0.25) is 0 Å². The molecule has 0 fully saturated rings. The molecule has 0 aromatic rings. The minimum Gasteiger partial charge on any atom is -0.481 e. The zero-order valence-electron chi connectivity index (χ0n) is 8.59. The van der Waals surface area contributed by atoms with E-state index in [-0.39, 0.29) is 6.42 Å². The van der Waals surface area contributed by atoms with Gasteiger partial charge in [-0.1, -0.05) is 6.08 Å². The van der Waals surface area contributed by atoms with Crippen LogP contribution in [0, 0.1) is 0 Å². The molecule has 5 heteroatoms. The van der Waals surface area contributed by atoms with Crippen LogP contribution in [0.25, 0.3) is 0 Å². The van der Waals surface area contributed by atoms with Gasteiger partial charge in [0.1, 0.15) is 5.72 Å². The number of rotatable bonds is 6. The highest BCUT2D eigenvalue weighted by molar-refractivity contribution is 5.69. The second kappa shape index (κ2) is 4.93. The summed E-state index contributed by atoms with van der Waals surface area (Å²) in [6.07, 6.45) is 3.82. The third-order valence-corrected chi connectivity index (χ3v) is 2.41. The number of allylic oxidation sites excluding steroid dienone is 1. The lowest BCUT2D eigenvalue weighted by atomic mass is 10.0. The first-order valence-electron chi connectivity index (χ1n) is 4.90. The van der Waals surface area contributed by atoms with Gasteiger partial charge in [0.25, 0.3) is 0 Å². The molecule has 2 N–H and O–H groups in total. The van der Waals surface area contributed by atoms with E-state index >= 15 is 0 Å². The van der Waals surface area contributed by atoms with Crippen LogP contribution < -0.4 is 0 Å². The molecule has 84 valence electrons. The van der Waals surface area contributed by atoms with E-state index < -0.39 is 11.7 Å². The van der Waals surface area contributed by atoms with Crippen molar-refractivity contribution >= 4 is 12.3 Å². The molecule has 0 bridgehead atoms. The third kappa shape index (κ3) is 3.06. The number of hydrogen-bond acceptors (Lipinski definition) is 4. The molecule has 0 saturated carbocycles. The van der Waals surface area contributed by atoms with Crippen LogP contribution >= 0.6 is 0 Å². The molecule has 0 amide bonds. The Balaban J connectivity index is 2.69. The summed E-state index contributed by atoms with van der Waals surface area (Å²) in [5, 5.41) is 19.0. The maximum Gasteiger partial charge on any atom is 0.308 e. The van der Waals surface area contributed by atoms with Crippen LogP contribution in [-0.4, -0.2) is 46.2 Å². The number of carbonyl (C=O) groups is 1. The van der Waals surface area contributed by atoms with E-state index in [1.807, 2.05) is 0 Å². The van der Waals surface area contributed by atoms with Gasteiger partial charge in [-0.2, -0.15) is 0 Å². The average molecular weight is 212 g/mol. The molecule has 1 heterocycles. The predicted octanol–water partition coefficient (Wildman–Crippen LogP) is 0.460. The molecular weight excluding hydrogens is 196 g/mol. The number of aliphatic hydroxyl groups is 1. The minimum atomic E-state index is -1.33. The predicted molar refractivity (Wildman–Crippen MR) is 56.7 cm³/mol. The number of carboxylic acids is 1. The van der Waals surface area contributed by atoms with Crippen molar-refractivity contribution in [3.63, 3.8) is 0 Å². The molecule has 0 saturated heterocycles. The Kier molecular flexibility index (Phi) is 3.85. The van der Waals surface area contributed by atoms with Gasteiger partial charge in [-0.05, 0) is 12.8 Å². The van der Waals surface area contributed by atoms with Gasteiger partial charge in [-0.15, -0.1) is 6.58 Å². The van der Waals surface area contributed by atoms with Crippen LogP contribution in [0.15, 0.2) is 17.6 Å². The Bertz CT molecular complexity index is 278. The first kappa shape index (κ1) is 11.7. The molecule has 0 spiro atoms. The largest absolute Gasteiger partial charge is 0.481 e. The van der Waals surface area contributed by atoms with Gasteiger partial charge in [-0.25, -0.2) is 0 Å². The van der Waals surface area contributed by atoms with E-state index in [2.05, 4.69) is 11.6 Å². The van der Waals surface area contributed by atoms with E-state index in [1.165, 1.54) is 6.34 Å². The smallest absolute Gasteiger partial charge is 0.308 e. The Morgan fingerprint density at radius 2 is 2.47 bits per heavy atom. The van der Waals surface area contributed by atoms with E-state index in [4.69, 9.17) is 5.11 Å². The Hall–Kier alpha value is -1.36.